The number of benzene rings is 1. The van der Waals surface area contributed by atoms with Crippen molar-refractivity contribution in [2.24, 2.45) is 0 Å². The number of piperazine rings is 1. The van der Waals surface area contributed by atoms with Crippen LogP contribution in [0, 0.1) is 0 Å². The van der Waals surface area contributed by atoms with Crippen molar-refractivity contribution in [3.8, 4) is 0 Å². The van der Waals surface area contributed by atoms with Crippen LogP contribution in [0.25, 0.3) is 0 Å². The van der Waals surface area contributed by atoms with Gasteiger partial charge in [0, 0.05) is 33.1 Å². The summed E-state index contributed by atoms with van der Waals surface area (Å²) in [6.45, 7) is 3.98. The van der Waals surface area contributed by atoms with E-state index in [-0.39, 0.29) is 18.4 Å². The Morgan fingerprint density at radius 3 is 2.38 bits per heavy atom. The lowest BCUT2D eigenvalue weighted by atomic mass is 10.3. The number of hydrogen-bond donors (Lipinski definition) is 1. The fraction of sp³-hybridized carbons (Fsp3) is 0.429. The normalized spacial score (nSPS) is 15.0. The summed E-state index contributed by atoms with van der Waals surface area (Å²) < 4.78 is 0. The van der Waals surface area contributed by atoms with E-state index in [1.165, 1.54) is 0 Å². The molecule has 0 aliphatic carbocycles. The van der Waals surface area contributed by atoms with Crippen LogP contribution in [0.1, 0.15) is 6.92 Å². The lowest BCUT2D eigenvalue weighted by Gasteiger charge is -2.34. The molecule has 21 heavy (non-hydrogen) atoms. The summed E-state index contributed by atoms with van der Waals surface area (Å²) >= 11 is 12.0. The second kappa shape index (κ2) is 7.00. The highest BCUT2D eigenvalue weighted by Gasteiger charge is 2.22. The Labute approximate surface area is 133 Å². The van der Waals surface area contributed by atoms with Crippen LogP contribution in [0.2, 0.25) is 10.0 Å². The molecule has 1 aromatic carbocycles. The molecule has 2 amide bonds. The SMILES string of the molecule is CC(=O)N1CCN(C(=O)CNc2cccc(Cl)c2Cl)CC1. The van der Waals surface area contributed by atoms with Crippen molar-refractivity contribution < 1.29 is 9.59 Å². The summed E-state index contributed by atoms with van der Waals surface area (Å²) in [5.41, 5.74) is 0.639. The molecular formula is C14H17Cl2N3O2. The maximum absolute atomic E-state index is 12.1. The third-order valence-electron chi connectivity index (χ3n) is 3.46. The van der Waals surface area contributed by atoms with Gasteiger partial charge in [0.2, 0.25) is 11.8 Å². The Balaban J connectivity index is 1.85. The molecule has 1 saturated heterocycles. The summed E-state index contributed by atoms with van der Waals surface area (Å²) in [5.74, 6) is 0.0279. The van der Waals surface area contributed by atoms with Crippen LogP contribution in [0.3, 0.4) is 0 Å². The van der Waals surface area contributed by atoms with Crippen LogP contribution in [0.15, 0.2) is 18.2 Å². The minimum atomic E-state index is -0.0192. The number of halogens is 2. The molecule has 0 saturated carbocycles. The first-order chi connectivity index (χ1) is 9.99. The molecule has 0 radical (unpaired) electrons. The van der Waals surface area contributed by atoms with Gasteiger partial charge in [0.15, 0.2) is 0 Å². The quantitative estimate of drug-likeness (QED) is 0.923. The highest BCUT2D eigenvalue weighted by atomic mass is 35.5. The number of carbonyl (C=O) groups excluding carboxylic acids is 2. The first kappa shape index (κ1) is 15.9. The molecule has 2 rings (SSSR count). The zero-order valence-electron chi connectivity index (χ0n) is 11.7. The van der Waals surface area contributed by atoms with Gasteiger partial charge in [-0.25, -0.2) is 0 Å². The van der Waals surface area contributed by atoms with E-state index in [0.717, 1.165) is 0 Å². The molecule has 0 bridgehead atoms. The van der Waals surface area contributed by atoms with Crippen LogP contribution in [-0.4, -0.2) is 54.3 Å². The second-order valence-corrected chi connectivity index (χ2v) is 5.63. The fourth-order valence-electron chi connectivity index (χ4n) is 2.19. The number of amides is 2. The number of nitrogens with one attached hydrogen (secondary N) is 1. The van der Waals surface area contributed by atoms with Crippen molar-refractivity contribution in [1.29, 1.82) is 0 Å². The summed E-state index contributed by atoms with van der Waals surface area (Å²) in [4.78, 5) is 26.8. The molecule has 1 aliphatic heterocycles. The molecule has 1 heterocycles. The number of carbonyl (C=O) groups is 2. The molecular weight excluding hydrogens is 313 g/mol. The maximum atomic E-state index is 12.1. The lowest BCUT2D eigenvalue weighted by molar-refractivity contribution is -0.137. The van der Waals surface area contributed by atoms with Crippen LogP contribution in [0.4, 0.5) is 5.69 Å². The van der Waals surface area contributed by atoms with Gasteiger partial charge in [-0.15, -0.1) is 0 Å². The van der Waals surface area contributed by atoms with E-state index in [1.807, 2.05) is 0 Å². The Kier molecular flexibility index (Phi) is 5.31. The molecule has 0 unspecified atom stereocenters. The average molecular weight is 330 g/mol. The maximum Gasteiger partial charge on any atom is 0.241 e. The summed E-state index contributed by atoms with van der Waals surface area (Å²) in [6, 6.07) is 5.24. The molecule has 114 valence electrons. The predicted octanol–water partition coefficient (Wildman–Crippen LogP) is 2.10. The van der Waals surface area contributed by atoms with Gasteiger partial charge in [-0.2, -0.15) is 0 Å². The molecule has 0 atom stereocenters. The van der Waals surface area contributed by atoms with Crippen LogP contribution in [0.5, 0.6) is 0 Å². The van der Waals surface area contributed by atoms with E-state index in [0.29, 0.717) is 41.9 Å². The zero-order chi connectivity index (χ0) is 15.4. The summed E-state index contributed by atoms with van der Waals surface area (Å²) in [7, 11) is 0. The van der Waals surface area contributed by atoms with Gasteiger partial charge in [-0.3, -0.25) is 9.59 Å². The van der Waals surface area contributed by atoms with E-state index in [9.17, 15) is 9.59 Å². The van der Waals surface area contributed by atoms with Crippen molar-refractivity contribution in [2.45, 2.75) is 6.92 Å². The van der Waals surface area contributed by atoms with E-state index < -0.39 is 0 Å². The van der Waals surface area contributed by atoms with Gasteiger partial charge in [0.1, 0.15) is 0 Å². The molecule has 0 spiro atoms. The smallest absolute Gasteiger partial charge is 0.241 e. The average Bonchev–Trinajstić information content (AvgIpc) is 2.48. The predicted molar refractivity (Wildman–Crippen MR) is 83.8 cm³/mol. The Morgan fingerprint density at radius 1 is 1.14 bits per heavy atom. The van der Waals surface area contributed by atoms with Crippen molar-refractivity contribution in [2.75, 3.05) is 38.0 Å². The van der Waals surface area contributed by atoms with E-state index in [1.54, 1.807) is 34.9 Å². The molecule has 7 heteroatoms. The van der Waals surface area contributed by atoms with Gasteiger partial charge < -0.3 is 15.1 Å². The lowest BCUT2D eigenvalue weighted by Crippen LogP contribution is -2.51. The summed E-state index contributed by atoms with van der Waals surface area (Å²) in [5, 5.41) is 3.86. The zero-order valence-corrected chi connectivity index (χ0v) is 13.2. The van der Waals surface area contributed by atoms with Gasteiger partial charge >= 0.3 is 0 Å². The topological polar surface area (TPSA) is 52.7 Å². The second-order valence-electron chi connectivity index (χ2n) is 4.84. The highest BCUT2D eigenvalue weighted by Crippen LogP contribution is 2.29. The van der Waals surface area contributed by atoms with E-state index >= 15 is 0 Å². The number of anilines is 1. The molecule has 1 aliphatic rings. The monoisotopic (exact) mass is 329 g/mol. The number of nitrogens with zero attached hydrogens (tertiary/aromatic N) is 2. The Morgan fingerprint density at radius 2 is 1.76 bits per heavy atom. The van der Waals surface area contributed by atoms with Gasteiger partial charge in [0.25, 0.3) is 0 Å². The van der Waals surface area contributed by atoms with Gasteiger partial charge in [-0.05, 0) is 12.1 Å². The van der Waals surface area contributed by atoms with Crippen LogP contribution < -0.4 is 5.32 Å². The number of hydrogen-bond acceptors (Lipinski definition) is 3. The van der Waals surface area contributed by atoms with Gasteiger partial charge in [-0.1, -0.05) is 29.3 Å². The standard InChI is InChI=1S/C14H17Cl2N3O2/c1-10(20)18-5-7-19(8-6-18)13(21)9-17-12-4-2-3-11(15)14(12)16/h2-4,17H,5-9H2,1H3. The van der Waals surface area contributed by atoms with Crippen molar-refractivity contribution in [1.82, 2.24) is 9.80 Å². The van der Waals surface area contributed by atoms with Crippen molar-refractivity contribution in [3.63, 3.8) is 0 Å². The molecule has 1 N–H and O–H groups in total. The third-order valence-corrected chi connectivity index (χ3v) is 4.28. The van der Waals surface area contributed by atoms with Crippen LogP contribution >= 0.6 is 23.2 Å². The first-order valence-corrected chi connectivity index (χ1v) is 7.46. The number of rotatable bonds is 3. The van der Waals surface area contributed by atoms with Gasteiger partial charge in [0.05, 0.1) is 22.3 Å². The highest BCUT2D eigenvalue weighted by molar-refractivity contribution is 6.43. The minimum absolute atomic E-state index is 0.0192. The summed E-state index contributed by atoms with van der Waals surface area (Å²) in [6.07, 6.45) is 0. The largest absolute Gasteiger partial charge is 0.375 e. The molecule has 1 fully saturated rings. The first-order valence-electron chi connectivity index (χ1n) is 6.70. The van der Waals surface area contributed by atoms with E-state index in [2.05, 4.69) is 5.32 Å². The Bertz CT molecular complexity index is 543. The van der Waals surface area contributed by atoms with Crippen molar-refractivity contribution in [3.05, 3.63) is 28.2 Å². The molecule has 5 nitrogen and oxygen atoms in total. The minimum Gasteiger partial charge on any atom is -0.375 e. The molecule has 1 aromatic rings. The van der Waals surface area contributed by atoms with E-state index in [4.69, 9.17) is 23.2 Å². The van der Waals surface area contributed by atoms with Crippen LogP contribution in [-0.2, 0) is 9.59 Å². The fourth-order valence-corrected chi connectivity index (χ4v) is 2.56. The third kappa shape index (κ3) is 4.02. The Hall–Kier alpha value is -1.46. The molecule has 0 aromatic heterocycles. The van der Waals surface area contributed by atoms with Crippen molar-refractivity contribution >= 4 is 40.7 Å².